The largest absolute Gasteiger partial charge is 0.463 e. The Hall–Kier alpha value is -6.28. The fourth-order valence-corrected chi connectivity index (χ4v) is 5.12. The van der Waals surface area contributed by atoms with Gasteiger partial charge in [-0.1, -0.05) is 75.2 Å². The van der Waals surface area contributed by atoms with Crippen molar-refractivity contribution in [2.24, 2.45) is 0 Å². The summed E-state index contributed by atoms with van der Waals surface area (Å²) in [6.07, 6.45) is 8.12. The molecule has 0 aliphatic carbocycles. The quantitative estimate of drug-likeness (QED) is 0.139. The Morgan fingerprint density at radius 3 is 1.46 bits per heavy atom. The molecule has 0 fully saturated rings. The van der Waals surface area contributed by atoms with Crippen LogP contribution in [0, 0.1) is 22.7 Å². The predicted molar refractivity (Wildman–Crippen MR) is 190 cm³/mol. The maximum Gasteiger partial charge on any atom is 0.320 e. The van der Waals surface area contributed by atoms with E-state index in [2.05, 4.69) is 55.9 Å². The third-order valence-corrected chi connectivity index (χ3v) is 7.65. The summed E-state index contributed by atoms with van der Waals surface area (Å²) in [6.45, 7) is 6.48. The SMILES string of the molecule is CCCCOc1nc(N)c2ncn(Cc3cccc(CC#N)c3)c2n1.CCCCOc1nc(N)c2ncn(Cc3cccc(CC#N)c3)c2n1. The zero-order chi connectivity index (χ0) is 35.3. The second-order valence-corrected chi connectivity index (χ2v) is 11.6. The normalized spacial score (nSPS) is 10.7. The number of aromatic nitrogens is 8. The fraction of sp³-hybridized carbons (Fsp3) is 0.333. The molecule has 6 rings (SSSR count). The molecule has 0 bridgehead atoms. The summed E-state index contributed by atoms with van der Waals surface area (Å²) < 4.78 is 15.0. The van der Waals surface area contributed by atoms with Gasteiger partial charge in [-0.3, -0.25) is 0 Å². The van der Waals surface area contributed by atoms with Crippen LogP contribution in [0.15, 0.2) is 61.2 Å². The molecule has 0 amide bonds. The van der Waals surface area contributed by atoms with Crippen molar-refractivity contribution in [3.05, 3.63) is 83.4 Å². The van der Waals surface area contributed by atoms with Gasteiger partial charge in [-0.05, 0) is 35.1 Å². The van der Waals surface area contributed by atoms with Gasteiger partial charge in [0.2, 0.25) is 0 Å². The number of nitrogens with zero attached hydrogens (tertiary/aromatic N) is 10. The molecule has 0 aliphatic rings. The third kappa shape index (κ3) is 8.99. The summed E-state index contributed by atoms with van der Waals surface area (Å²) in [7, 11) is 0. The standard InChI is InChI=1S/2C18H20N6O/c2*1-2-3-9-25-18-22-16(20)15-17(23-18)24(12-21-15)11-14-6-4-5-13(10-14)7-8-19/h2*4-6,10,12H,2-3,7,9,11H2,1H3,(H2,20,22,23). The van der Waals surface area contributed by atoms with Gasteiger partial charge in [0.25, 0.3) is 0 Å². The van der Waals surface area contributed by atoms with E-state index in [4.69, 9.17) is 31.5 Å². The Labute approximate surface area is 290 Å². The molecule has 0 saturated carbocycles. The molecule has 0 radical (unpaired) electrons. The Morgan fingerprint density at radius 1 is 0.640 bits per heavy atom. The summed E-state index contributed by atoms with van der Waals surface area (Å²) in [6, 6.07) is 20.7. The Bertz CT molecular complexity index is 1970. The van der Waals surface area contributed by atoms with Gasteiger partial charge in [-0.2, -0.15) is 30.5 Å². The lowest BCUT2D eigenvalue weighted by Crippen LogP contribution is -2.06. The average Bonchev–Trinajstić information content (AvgIpc) is 3.70. The summed E-state index contributed by atoms with van der Waals surface area (Å²) in [4.78, 5) is 25.9. The monoisotopic (exact) mass is 672 g/mol. The molecule has 4 aromatic heterocycles. The van der Waals surface area contributed by atoms with Gasteiger partial charge in [0.15, 0.2) is 34.0 Å². The molecule has 0 atom stereocenters. The van der Waals surface area contributed by atoms with E-state index in [0.29, 0.717) is 73.1 Å². The number of ether oxygens (including phenoxy) is 2. The molecule has 0 spiro atoms. The second-order valence-electron chi connectivity index (χ2n) is 11.6. The van der Waals surface area contributed by atoms with E-state index in [-0.39, 0.29) is 12.0 Å². The van der Waals surface area contributed by atoms with E-state index in [1.807, 2.05) is 57.7 Å². The summed E-state index contributed by atoms with van der Waals surface area (Å²) in [5.41, 5.74) is 18.5. The van der Waals surface area contributed by atoms with Crippen LogP contribution in [0.3, 0.4) is 0 Å². The van der Waals surface area contributed by atoms with Gasteiger partial charge >= 0.3 is 12.0 Å². The third-order valence-electron chi connectivity index (χ3n) is 7.65. The van der Waals surface area contributed by atoms with Crippen LogP contribution in [0.4, 0.5) is 11.6 Å². The number of unbranched alkanes of at least 4 members (excludes halogenated alkanes) is 2. The molecule has 14 heteroatoms. The number of anilines is 2. The van der Waals surface area contributed by atoms with E-state index in [0.717, 1.165) is 47.9 Å². The molecule has 6 aromatic rings. The zero-order valence-corrected chi connectivity index (χ0v) is 28.3. The summed E-state index contributed by atoms with van der Waals surface area (Å²) in [5, 5.41) is 17.7. The second kappa shape index (κ2) is 17.2. The van der Waals surface area contributed by atoms with Gasteiger partial charge in [0, 0.05) is 0 Å². The van der Waals surface area contributed by atoms with Crippen molar-refractivity contribution < 1.29 is 9.47 Å². The highest BCUT2D eigenvalue weighted by Gasteiger charge is 2.14. The molecule has 0 unspecified atom stereocenters. The van der Waals surface area contributed by atoms with Crippen molar-refractivity contribution in [2.45, 2.75) is 65.5 Å². The Kier molecular flexibility index (Phi) is 12.1. The van der Waals surface area contributed by atoms with Crippen molar-refractivity contribution >= 4 is 34.0 Å². The topological polar surface area (TPSA) is 205 Å². The lowest BCUT2D eigenvalue weighted by atomic mass is 10.1. The molecule has 4 heterocycles. The first kappa shape index (κ1) is 35.0. The van der Waals surface area contributed by atoms with Crippen molar-refractivity contribution in [2.75, 3.05) is 24.7 Å². The lowest BCUT2D eigenvalue weighted by molar-refractivity contribution is 0.286. The molecule has 0 saturated heterocycles. The maximum atomic E-state index is 8.85. The molecule has 256 valence electrons. The van der Waals surface area contributed by atoms with Crippen molar-refractivity contribution in [1.29, 1.82) is 10.5 Å². The smallest absolute Gasteiger partial charge is 0.320 e. The van der Waals surface area contributed by atoms with Crippen molar-refractivity contribution in [3.63, 3.8) is 0 Å². The van der Waals surface area contributed by atoms with Crippen LogP contribution in [0.5, 0.6) is 12.0 Å². The predicted octanol–water partition coefficient (Wildman–Crippen LogP) is 5.40. The summed E-state index contributed by atoms with van der Waals surface area (Å²) in [5.74, 6) is 0.627. The minimum Gasteiger partial charge on any atom is -0.463 e. The molecule has 2 aromatic carbocycles. The van der Waals surface area contributed by atoms with E-state index >= 15 is 0 Å². The minimum absolute atomic E-state index is 0.276. The number of benzene rings is 2. The molecule has 0 aliphatic heterocycles. The van der Waals surface area contributed by atoms with E-state index in [1.165, 1.54) is 0 Å². The van der Waals surface area contributed by atoms with Crippen LogP contribution in [0.1, 0.15) is 61.8 Å². The summed E-state index contributed by atoms with van der Waals surface area (Å²) >= 11 is 0. The van der Waals surface area contributed by atoms with Gasteiger partial charge in [-0.25, -0.2) is 9.97 Å². The maximum absolute atomic E-state index is 8.85. The Balaban J connectivity index is 0.000000194. The highest BCUT2D eigenvalue weighted by molar-refractivity contribution is 5.82. The van der Waals surface area contributed by atoms with Crippen LogP contribution in [0.25, 0.3) is 22.3 Å². The van der Waals surface area contributed by atoms with Gasteiger partial charge in [-0.15, -0.1) is 0 Å². The fourth-order valence-electron chi connectivity index (χ4n) is 5.12. The first-order valence-electron chi connectivity index (χ1n) is 16.5. The van der Waals surface area contributed by atoms with Crippen LogP contribution in [0.2, 0.25) is 0 Å². The van der Waals surface area contributed by atoms with Crippen LogP contribution >= 0.6 is 0 Å². The molecule has 14 nitrogen and oxygen atoms in total. The van der Waals surface area contributed by atoms with E-state index < -0.39 is 0 Å². The highest BCUT2D eigenvalue weighted by atomic mass is 16.5. The van der Waals surface area contributed by atoms with Crippen LogP contribution < -0.4 is 20.9 Å². The zero-order valence-electron chi connectivity index (χ0n) is 28.3. The number of rotatable bonds is 14. The van der Waals surface area contributed by atoms with E-state index in [1.54, 1.807) is 12.7 Å². The van der Waals surface area contributed by atoms with Gasteiger partial charge in [0.1, 0.15) is 0 Å². The van der Waals surface area contributed by atoms with Gasteiger partial charge < -0.3 is 30.1 Å². The first-order valence-corrected chi connectivity index (χ1v) is 16.5. The lowest BCUT2D eigenvalue weighted by Gasteiger charge is -2.08. The van der Waals surface area contributed by atoms with Crippen LogP contribution in [-0.4, -0.2) is 52.3 Å². The van der Waals surface area contributed by atoms with Gasteiger partial charge in [0.05, 0.1) is 63.9 Å². The number of nitrogens with two attached hydrogens (primary N) is 2. The molecule has 50 heavy (non-hydrogen) atoms. The first-order chi connectivity index (χ1) is 24.4. The molecular formula is C36H40N12O2. The molecular weight excluding hydrogens is 632 g/mol. The minimum atomic E-state index is 0.276. The molecule has 4 N–H and O–H groups in total. The highest BCUT2D eigenvalue weighted by Crippen LogP contribution is 2.22. The van der Waals surface area contributed by atoms with Crippen molar-refractivity contribution in [3.8, 4) is 24.2 Å². The Morgan fingerprint density at radius 2 is 1.06 bits per heavy atom. The number of nitrogen functional groups attached to an aromatic ring is 2. The number of fused-ring (bicyclic) bond motifs is 2. The number of hydrogen-bond acceptors (Lipinski definition) is 12. The van der Waals surface area contributed by atoms with Crippen molar-refractivity contribution in [1.82, 2.24) is 39.0 Å². The van der Waals surface area contributed by atoms with E-state index in [9.17, 15) is 0 Å². The number of nitriles is 2. The van der Waals surface area contributed by atoms with Crippen LogP contribution in [-0.2, 0) is 25.9 Å². The average molecular weight is 673 g/mol. The number of hydrogen-bond donors (Lipinski definition) is 2. The number of imidazole rings is 2.